The Morgan fingerprint density at radius 2 is 1.57 bits per heavy atom. The van der Waals surface area contributed by atoms with Crippen molar-refractivity contribution in [2.75, 3.05) is 0 Å². The van der Waals surface area contributed by atoms with Crippen molar-refractivity contribution in [2.24, 2.45) is 4.99 Å². The van der Waals surface area contributed by atoms with Crippen molar-refractivity contribution in [3.8, 4) is 0 Å². The van der Waals surface area contributed by atoms with Crippen LogP contribution in [0.25, 0.3) is 11.8 Å². The van der Waals surface area contributed by atoms with Gasteiger partial charge in [0.15, 0.2) is 5.17 Å². The van der Waals surface area contributed by atoms with Crippen LogP contribution in [0.15, 0.2) is 105 Å². The highest BCUT2D eigenvalue weighted by Gasteiger charge is 2.40. The first-order valence-electron chi connectivity index (χ1n) is 11.5. The van der Waals surface area contributed by atoms with Crippen LogP contribution >= 0.6 is 50.9 Å². The third-order valence-electron chi connectivity index (χ3n) is 6.57. The zero-order valence-corrected chi connectivity index (χ0v) is 22.6. The number of amidine groups is 1. The van der Waals surface area contributed by atoms with E-state index in [0.717, 1.165) is 50.2 Å². The number of hydrogen-bond acceptors (Lipinski definition) is 3. The van der Waals surface area contributed by atoms with E-state index in [9.17, 15) is 0 Å². The van der Waals surface area contributed by atoms with Crippen molar-refractivity contribution in [2.45, 2.75) is 25.3 Å². The Bertz CT molecular complexity index is 1400. The standard InChI is InChI=1S/C29H21BrCl2N2S/c30-22-10-6-19(7-11-22)26-17-35-29-33-27-21(16-18-4-12-23(31)13-5-18)2-1-3-25(27)28(34(26)29)20-8-14-24(32)15-9-20/h4-17,28H,1-3H2/b21-16+/t28-/m1/s1. The summed E-state index contributed by atoms with van der Waals surface area (Å²) in [7, 11) is 0. The van der Waals surface area contributed by atoms with Gasteiger partial charge in [-0.05, 0) is 89.6 Å². The van der Waals surface area contributed by atoms with Crippen molar-refractivity contribution < 1.29 is 0 Å². The van der Waals surface area contributed by atoms with E-state index in [-0.39, 0.29) is 6.04 Å². The fourth-order valence-corrected chi connectivity index (χ4v) is 6.40. The average molecular weight is 580 g/mol. The molecule has 0 fully saturated rings. The van der Waals surface area contributed by atoms with Crippen molar-refractivity contribution in [3.63, 3.8) is 0 Å². The van der Waals surface area contributed by atoms with E-state index in [0.29, 0.717) is 0 Å². The maximum atomic E-state index is 6.28. The molecule has 3 aromatic carbocycles. The van der Waals surface area contributed by atoms with E-state index in [4.69, 9.17) is 28.2 Å². The first kappa shape index (κ1) is 23.2. The number of aliphatic imine (C=N–C) groups is 1. The molecule has 2 heterocycles. The topological polar surface area (TPSA) is 15.6 Å². The smallest absolute Gasteiger partial charge is 0.174 e. The van der Waals surface area contributed by atoms with Gasteiger partial charge in [-0.2, -0.15) is 0 Å². The second-order valence-electron chi connectivity index (χ2n) is 8.79. The molecular weight excluding hydrogens is 559 g/mol. The molecule has 6 heteroatoms. The molecule has 0 unspecified atom stereocenters. The Hall–Kier alpha value is -2.24. The van der Waals surface area contributed by atoms with E-state index in [1.165, 1.54) is 28.0 Å². The predicted octanol–water partition coefficient (Wildman–Crippen LogP) is 9.74. The van der Waals surface area contributed by atoms with Gasteiger partial charge < -0.3 is 4.90 Å². The molecule has 0 saturated carbocycles. The highest BCUT2D eigenvalue weighted by molar-refractivity contribution is 9.10. The van der Waals surface area contributed by atoms with E-state index in [1.54, 1.807) is 11.8 Å². The minimum Gasteiger partial charge on any atom is -0.308 e. The number of hydrogen-bond donors (Lipinski definition) is 0. The molecule has 2 nitrogen and oxygen atoms in total. The molecule has 35 heavy (non-hydrogen) atoms. The molecule has 0 N–H and O–H groups in total. The fourth-order valence-electron chi connectivity index (χ4n) is 4.95. The normalized spacial score (nSPS) is 20.5. The van der Waals surface area contributed by atoms with E-state index < -0.39 is 0 Å². The molecule has 6 rings (SSSR count). The first-order valence-corrected chi connectivity index (χ1v) is 14.0. The molecule has 0 radical (unpaired) electrons. The van der Waals surface area contributed by atoms with E-state index in [1.807, 2.05) is 24.3 Å². The number of thioether (sulfide) groups is 1. The molecular formula is C29H21BrCl2N2S. The Morgan fingerprint density at radius 1 is 0.886 bits per heavy atom. The molecule has 0 amide bonds. The van der Waals surface area contributed by atoms with Crippen LogP contribution in [0, 0.1) is 0 Å². The van der Waals surface area contributed by atoms with Gasteiger partial charge in [-0.1, -0.05) is 87.3 Å². The molecule has 0 spiro atoms. The monoisotopic (exact) mass is 578 g/mol. The van der Waals surface area contributed by atoms with Crippen LogP contribution < -0.4 is 0 Å². The lowest BCUT2D eigenvalue weighted by Crippen LogP contribution is -2.34. The molecule has 3 aromatic rings. The third-order valence-corrected chi connectivity index (χ3v) is 8.45. The Kier molecular flexibility index (Phi) is 6.40. The Balaban J connectivity index is 1.48. The number of fused-ring (bicyclic) bond motifs is 1. The van der Waals surface area contributed by atoms with Crippen LogP contribution in [0.5, 0.6) is 0 Å². The largest absolute Gasteiger partial charge is 0.308 e. The summed E-state index contributed by atoms with van der Waals surface area (Å²) in [6.07, 6.45) is 5.41. The van der Waals surface area contributed by atoms with Gasteiger partial charge in [0.05, 0.1) is 17.4 Å². The SMILES string of the molecule is Clc1ccc(/C=C2\CCCC3=C2N=C2SC=C(c4ccc(Br)cc4)N2[C@@H]3c2ccc(Cl)cc2)cc1. The van der Waals surface area contributed by atoms with E-state index >= 15 is 0 Å². The zero-order valence-electron chi connectivity index (χ0n) is 18.7. The third kappa shape index (κ3) is 4.53. The van der Waals surface area contributed by atoms with Crippen LogP contribution in [0.3, 0.4) is 0 Å². The summed E-state index contributed by atoms with van der Waals surface area (Å²) in [6.45, 7) is 0. The number of benzene rings is 3. The van der Waals surface area contributed by atoms with Gasteiger partial charge in [-0.25, -0.2) is 4.99 Å². The molecule has 2 aliphatic heterocycles. The maximum absolute atomic E-state index is 6.28. The molecule has 1 aliphatic carbocycles. The lowest BCUT2D eigenvalue weighted by molar-refractivity contribution is 0.458. The van der Waals surface area contributed by atoms with Crippen molar-refractivity contribution in [1.82, 2.24) is 4.90 Å². The van der Waals surface area contributed by atoms with Gasteiger partial charge in [0.25, 0.3) is 0 Å². The lowest BCUT2D eigenvalue weighted by Gasteiger charge is -2.40. The quantitative estimate of drug-likeness (QED) is 0.307. The molecule has 0 aromatic heterocycles. The van der Waals surface area contributed by atoms with Crippen LogP contribution in [-0.2, 0) is 0 Å². The lowest BCUT2D eigenvalue weighted by atomic mass is 9.83. The number of allylic oxidation sites excluding steroid dienone is 1. The molecule has 0 bridgehead atoms. The van der Waals surface area contributed by atoms with E-state index in [2.05, 4.69) is 80.8 Å². The van der Waals surface area contributed by atoms with Gasteiger partial charge in [-0.3, -0.25) is 0 Å². The summed E-state index contributed by atoms with van der Waals surface area (Å²) in [5, 5.41) is 4.75. The highest BCUT2D eigenvalue weighted by Crippen LogP contribution is 2.51. The van der Waals surface area contributed by atoms with Crippen LogP contribution in [-0.4, -0.2) is 10.1 Å². The van der Waals surface area contributed by atoms with Crippen LogP contribution in [0.4, 0.5) is 0 Å². The van der Waals surface area contributed by atoms with Gasteiger partial charge in [-0.15, -0.1) is 0 Å². The van der Waals surface area contributed by atoms with Gasteiger partial charge in [0.1, 0.15) is 0 Å². The Morgan fingerprint density at radius 3 is 2.29 bits per heavy atom. The highest BCUT2D eigenvalue weighted by atomic mass is 79.9. The predicted molar refractivity (Wildman–Crippen MR) is 153 cm³/mol. The van der Waals surface area contributed by atoms with Crippen molar-refractivity contribution >= 4 is 67.8 Å². The first-order chi connectivity index (χ1) is 17.1. The molecule has 174 valence electrons. The minimum absolute atomic E-state index is 0.0774. The maximum Gasteiger partial charge on any atom is 0.174 e. The average Bonchev–Trinajstić information content (AvgIpc) is 3.29. The summed E-state index contributed by atoms with van der Waals surface area (Å²) < 4.78 is 1.07. The van der Waals surface area contributed by atoms with Crippen LogP contribution in [0.2, 0.25) is 10.0 Å². The number of halogens is 3. The summed E-state index contributed by atoms with van der Waals surface area (Å²) >= 11 is 17.7. The second-order valence-corrected chi connectivity index (χ2v) is 11.4. The molecule has 3 aliphatic rings. The number of nitrogens with zero attached hydrogens (tertiary/aromatic N) is 2. The Labute approximate surface area is 228 Å². The summed E-state index contributed by atoms with van der Waals surface area (Å²) in [4.78, 5) is 7.65. The summed E-state index contributed by atoms with van der Waals surface area (Å²) in [5.41, 5.74) is 8.54. The summed E-state index contributed by atoms with van der Waals surface area (Å²) in [5.74, 6) is 0. The summed E-state index contributed by atoms with van der Waals surface area (Å²) in [6, 6.07) is 24.9. The second kappa shape index (κ2) is 9.67. The molecule has 1 atom stereocenters. The minimum atomic E-state index is 0.0774. The van der Waals surface area contributed by atoms with Gasteiger partial charge in [0, 0.05) is 19.9 Å². The van der Waals surface area contributed by atoms with Crippen LogP contribution in [0.1, 0.15) is 42.0 Å². The molecule has 0 saturated heterocycles. The zero-order chi connectivity index (χ0) is 23.9. The fraction of sp³-hybridized carbons (Fsp3) is 0.138. The number of rotatable bonds is 3. The van der Waals surface area contributed by atoms with Gasteiger partial charge >= 0.3 is 0 Å². The van der Waals surface area contributed by atoms with Crippen molar-refractivity contribution in [3.05, 3.63) is 126 Å². The van der Waals surface area contributed by atoms with Gasteiger partial charge in [0.2, 0.25) is 0 Å². The van der Waals surface area contributed by atoms with Crippen molar-refractivity contribution in [1.29, 1.82) is 0 Å².